The first kappa shape index (κ1) is 10.7. The first-order valence-electron chi connectivity index (χ1n) is 5.68. The molecule has 88 valence electrons. The highest BCUT2D eigenvalue weighted by Gasteiger charge is 2.08. The van der Waals surface area contributed by atoms with Crippen LogP contribution in [0.5, 0.6) is 0 Å². The Morgan fingerprint density at radius 1 is 1.06 bits per heavy atom. The lowest BCUT2D eigenvalue weighted by Crippen LogP contribution is -1.94. The van der Waals surface area contributed by atoms with E-state index in [1.165, 1.54) is 11.9 Å². The quantitative estimate of drug-likeness (QED) is 0.705. The normalized spacial score (nSPS) is 10.7. The monoisotopic (exact) mass is 236 g/mol. The Kier molecular flexibility index (Phi) is 2.41. The number of pyridine rings is 1. The van der Waals surface area contributed by atoms with E-state index < -0.39 is 0 Å². The number of hydrogen-bond donors (Lipinski definition) is 1. The lowest BCUT2D eigenvalue weighted by Gasteiger charge is -2.07. The summed E-state index contributed by atoms with van der Waals surface area (Å²) in [4.78, 5) is 12.6. The zero-order valence-corrected chi connectivity index (χ0v) is 9.96. The summed E-state index contributed by atoms with van der Waals surface area (Å²) in [5.74, 6) is 0.463. The summed E-state index contributed by atoms with van der Waals surface area (Å²) in [6, 6.07) is 9.85. The Labute approximate surface area is 105 Å². The number of nitrogen functional groups attached to an aromatic ring is 1. The molecule has 2 heterocycles. The summed E-state index contributed by atoms with van der Waals surface area (Å²) < 4.78 is 0. The number of aryl methyl sites for hydroxylation is 1. The van der Waals surface area contributed by atoms with Gasteiger partial charge in [-0.05, 0) is 18.6 Å². The molecular formula is C14H12N4. The lowest BCUT2D eigenvalue weighted by molar-refractivity contribution is 1.18. The SMILES string of the molecule is Cc1ccc(-c2cc(N)ncn2)c2ncccc12. The van der Waals surface area contributed by atoms with Gasteiger partial charge in [0.1, 0.15) is 12.1 Å². The number of anilines is 1. The summed E-state index contributed by atoms with van der Waals surface area (Å²) in [7, 11) is 0. The topological polar surface area (TPSA) is 64.7 Å². The molecule has 0 aliphatic heterocycles. The molecule has 4 nitrogen and oxygen atoms in total. The van der Waals surface area contributed by atoms with Crippen LogP contribution in [0.2, 0.25) is 0 Å². The van der Waals surface area contributed by atoms with E-state index in [1.807, 2.05) is 12.1 Å². The number of fused-ring (bicyclic) bond motifs is 1. The molecule has 0 saturated heterocycles. The van der Waals surface area contributed by atoms with Gasteiger partial charge in [-0.1, -0.05) is 18.2 Å². The minimum atomic E-state index is 0.463. The average Bonchev–Trinajstić information content (AvgIpc) is 2.39. The lowest BCUT2D eigenvalue weighted by atomic mass is 10.0. The second kappa shape index (κ2) is 4.07. The predicted octanol–water partition coefficient (Wildman–Crippen LogP) is 2.58. The number of aromatic nitrogens is 3. The number of nitrogens with two attached hydrogens (primary N) is 1. The molecule has 0 atom stereocenters. The molecule has 3 rings (SSSR count). The highest BCUT2D eigenvalue weighted by molar-refractivity contribution is 5.94. The molecule has 0 bridgehead atoms. The van der Waals surface area contributed by atoms with E-state index in [0.29, 0.717) is 5.82 Å². The minimum Gasteiger partial charge on any atom is -0.384 e. The highest BCUT2D eigenvalue weighted by atomic mass is 14.9. The molecule has 0 aliphatic carbocycles. The molecule has 1 aromatic carbocycles. The van der Waals surface area contributed by atoms with Crippen LogP contribution in [-0.4, -0.2) is 15.0 Å². The van der Waals surface area contributed by atoms with Gasteiger partial charge in [-0.3, -0.25) is 4.98 Å². The van der Waals surface area contributed by atoms with Gasteiger partial charge >= 0.3 is 0 Å². The molecule has 0 saturated carbocycles. The Morgan fingerprint density at radius 2 is 1.94 bits per heavy atom. The van der Waals surface area contributed by atoms with E-state index >= 15 is 0 Å². The summed E-state index contributed by atoms with van der Waals surface area (Å²) in [5, 5.41) is 1.13. The standard InChI is InChI=1S/C14H12N4/c1-9-4-5-11(12-7-13(15)18-8-17-12)14-10(9)3-2-6-16-14/h2-8H,1H3,(H2,15,17,18). The fourth-order valence-corrected chi connectivity index (χ4v) is 2.04. The fraction of sp³-hybridized carbons (Fsp3) is 0.0714. The molecule has 2 aromatic heterocycles. The summed E-state index contributed by atoms with van der Waals surface area (Å²) in [5.41, 5.74) is 9.61. The molecule has 0 radical (unpaired) electrons. The molecule has 3 aromatic rings. The molecular weight excluding hydrogens is 224 g/mol. The maximum Gasteiger partial charge on any atom is 0.127 e. The second-order valence-corrected chi connectivity index (χ2v) is 4.16. The molecule has 0 unspecified atom stereocenters. The van der Waals surface area contributed by atoms with Crippen LogP contribution >= 0.6 is 0 Å². The zero-order valence-electron chi connectivity index (χ0n) is 9.96. The van der Waals surface area contributed by atoms with Gasteiger partial charge in [-0.15, -0.1) is 0 Å². The van der Waals surface area contributed by atoms with E-state index in [4.69, 9.17) is 5.73 Å². The van der Waals surface area contributed by atoms with Crippen molar-refractivity contribution in [3.8, 4) is 11.3 Å². The molecule has 0 aliphatic rings. The smallest absolute Gasteiger partial charge is 0.127 e. The summed E-state index contributed by atoms with van der Waals surface area (Å²) >= 11 is 0. The van der Waals surface area contributed by atoms with Crippen molar-refractivity contribution in [3.05, 3.63) is 48.4 Å². The maximum atomic E-state index is 5.70. The number of rotatable bonds is 1. The van der Waals surface area contributed by atoms with Crippen molar-refractivity contribution in [2.75, 3.05) is 5.73 Å². The third-order valence-electron chi connectivity index (χ3n) is 2.95. The number of nitrogens with zero attached hydrogens (tertiary/aromatic N) is 3. The fourth-order valence-electron chi connectivity index (χ4n) is 2.04. The third kappa shape index (κ3) is 1.68. The molecule has 0 spiro atoms. The van der Waals surface area contributed by atoms with E-state index in [2.05, 4.69) is 34.0 Å². The molecule has 0 fully saturated rings. The van der Waals surface area contributed by atoms with Gasteiger partial charge in [0, 0.05) is 23.2 Å². The van der Waals surface area contributed by atoms with Crippen LogP contribution < -0.4 is 5.73 Å². The van der Waals surface area contributed by atoms with Crippen LogP contribution in [-0.2, 0) is 0 Å². The van der Waals surface area contributed by atoms with Gasteiger partial charge in [-0.25, -0.2) is 9.97 Å². The highest BCUT2D eigenvalue weighted by Crippen LogP contribution is 2.27. The van der Waals surface area contributed by atoms with Gasteiger partial charge in [0.15, 0.2) is 0 Å². The minimum absolute atomic E-state index is 0.463. The van der Waals surface area contributed by atoms with E-state index in [1.54, 1.807) is 12.3 Å². The van der Waals surface area contributed by atoms with Crippen LogP contribution in [0.3, 0.4) is 0 Å². The van der Waals surface area contributed by atoms with Gasteiger partial charge in [-0.2, -0.15) is 0 Å². The van der Waals surface area contributed by atoms with Crippen molar-refractivity contribution in [2.24, 2.45) is 0 Å². The summed E-state index contributed by atoms with van der Waals surface area (Å²) in [6.45, 7) is 2.07. The molecule has 18 heavy (non-hydrogen) atoms. The number of hydrogen-bond acceptors (Lipinski definition) is 4. The van der Waals surface area contributed by atoms with Crippen molar-refractivity contribution >= 4 is 16.7 Å². The largest absolute Gasteiger partial charge is 0.384 e. The maximum absolute atomic E-state index is 5.70. The van der Waals surface area contributed by atoms with Crippen molar-refractivity contribution < 1.29 is 0 Å². The van der Waals surface area contributed by atoms with Crippen molar-refractivity contribution in [3.63, 3.8) is 0 Å². The zero-order chi connectivity index (χ0) is 12.5. The first-order chi connectivity index (χ1) is 8.75. The third-order valence-corrected chi connectivity index (χ3v) is 2.95. The number of benzene rings is 1. The first-order valence-corrected chi connectivity index (χ1v) is 5.68. The van der Waals surface area contributed by atoms with Gasteiger partial charge < -0.3 is 5.73 Å². The van der Waals surface area contributed by atoms with E-state index in [0.717, 1.165) is 22.2 Å². The second-order valence-electron chi connectivity index (χ2n) is 4.16. The van der Waals surface area contributed by atoms with Gasteiger partial charge in [0.25, 0.3) is 0 Å². The average molecular weight is 236 g/mol. The van der Waals surface area contributed by atoms with Crippen molar-refractivity contribution in [1.29, 1.82) is 0 Å². The predicted molar refractivity (Wildman–Crippen MR) is 71.9 cm³/mol. The Hall–Kier alpha value is -2.49. The van der Waals surface area contributed by atoms with Crippen LogP contribution in [0, 0.1) is 6.92 Å². The van der Waals surface area contributed by atoms with Crippen LogP contribution in [0.1, 0.15) is 5.56 Å². The van der Waals surface area contributed by atoms with Crippen molar-refractivity contribution in [2.45, 2.75) is 6.92 Å². The van der Waals surface area contributed by atoms with E-state index in [9.17, 15) is 0 Å². The van der Waals surface area contributed by atoms with Crippen molar-refractivity contribution in [1.82, 2.24) is 15.0 Å². The molecule has 2 N–H and O–H groups in total. The Bertz CT molecular complexity index is 722. The molecule has 0 amide bonds. The van der Waals surface area contributed by atoms with Crippen LogP contribution in [0.25, 0.3) is 22.2 Å². The summed E-state index contributed by atoms with van der Waals surface area (Å²) in [6.07, 6.45) is 3.26. The van der Waals surface area contributed by atoms with Gasteiger partial charge in [0.05, 0.1) is 11.2 Å². The molecule has 4 heteroatoms. The van der Waals surface area contributed by atoms with Gasteiger partial charge in [0.2, 0.25) is 0 Å². The Morgan fingerprint density at radius 3 is 2.78 bits per heavy atom. The van der Waals surface area contributed by atoms with E-state index in [-0.39, 0.29) is 0 Å². The van der Waals surface area contributed by atoms with Crippen LogP contribution in [0.4, 0.5) is 5.82 Å². The van der Waals surface area contributed by atoms with Crippen LogP contribution in [0.15, 0.2) is 42.9 Å². The Balaban J connectivity index is 2.33.